The van der Waals surface area contributed by atoms with Gasteiger partial charge in [0.1, 0.15) is 12.4 Å². The van der Waals surface area contributed by atoms with Crippen LogP contribution in [0.25, 0.3) is 0 Å². The number of pyridine rings is 1. The first kappa shape index (κ1) is 12.9. The Bertz CT molecular complexity index is 525. The molecule has 1 saturated heterocycles. The highest BCUT2D eigenvalue weighted by Gasteiger charge is 2.45. The number of aryl methyl sites for hydroxylation is 1. The molecule has 0 aromatic carbocycles. The molecule has 3 rings (SSSR count). The van der Waals surface area contributed by atoms with Gasteiger partial charge < -0.3 is 4.74 Å². The summed E-state index contributed by atoms with van der Waals surface area (Å²) in [5.74, 6) is 0. The van der Waals surface area contributed by atoms with Crippen molar-refractivity contribution < 1.29 is 4.74 Å². The standard InChI is InChI=1S/C13H15BrN4O/c1-9-10(14)5-6-11(17-9)13(15-8-16-18-13)12-4-2-3-7-19-12/h5-6,8,12H,2-4,7H2,1H3. The van der Waals surface area contributed by atoms with Gasteiger partial charge in [0.2, 0.25) is 5.66 Å². The quantitative estimate of drug-likeness (QED) is 0.838. The fourth-order valence-corrected chi connectivity index (χ4v) is 2.71. The van der Waals surface area contributed by atoms with Crippen molar-refractivity contribution in [3.8, 4) is 0 Å². The Labute approximate surface area is 120 Å². The van der Waals surface area contributed by atoms with Crippen LogP contribution in [0.2, 0.25) is 0 Å². The van der Waals surface area contributed by atoms with E-state index in [0.717, 1.165) is 41.7 Å². The molecule has 0 aliphatic carbocycles. The summed E-state index contributed by atoms with van der Waals surface area (Å²) in [7, 11) is 0. The van der Waals surface area contributed by atoms with E-state index in [1.807, 2.05) is 19.1 Å². The molecule has 2 aliphatic rings. The van der Waals surface area contributed by atoms with Crippen LogP contribution in [0, 0.1) is 6.92 Å². The van der Waals surface area contributed by atoms with Gasteiger partial charge in [0, 0.05) is 11.1 Å². The van der Waals surface area contributed by atoms with Crippen molar-refractivity contribution in [3.63, 3.8) is 0 Å². The van der Waals surface area contributed by atoms with Crippen LogP contribution in [0.15, 0.2) is 31.8 Å². The fourth-order valence-electron chi connectivity index (χ4n) is 2.49. The molecule has 2 atom stereocenters. The number of azo groups is 1. The number of halogens is 1. The van der Waals surface area contributed by atoms with Gasteiger partial charge in [-0.2, -0.15) is 0 Å². The van der Waals surface area contributed by atoms with Crippen molar-refractivity contribution in [2.75, 3.05) is 6.61 Å². The number of aliphatic imine (C=N–C) groups is 1. The van der Waals surface area contributed by atoms with E-state index in [1.165, 1.54) is 6.34 Å². The van der Waals surface area contributed by atoms with Gasteiger partial charge in [-0.25, -0.2) is 4.99 Å². The molecule has 0 amide bonds. The van der Waals surface area contributed by atoms with Gasteiger partial charge in [-0.15, -0.1) is 10.2 Å². The van der Waals surface area contributed by atoms with Crippen molar-refractivity contribution in [1.29, 1.82) is 0 Å². The van der Waals surface area contributed by atoms with E-state index in [-0.39, 0.29) is 6.10 Å². The van der Waals surface area contributed by atoms with E-state index in [4.69, 9.17) is 4.74 Å². The summed E-state index contributed by atoms with van der Waals surface area (Å²) in [5.41, 5.74) is 0.939. The maximum atomic E-state index is 5.87. The second-order valence-corrected chi connectivity index (χ2v) is 5.66. The first-order chi connectivity index (χ1) is 9.22. The average Bonchev–Trinajstić information content (AvgIpc) is 2.93. The van der Waals surface area contributed by atoms with E-state index in [0.29, 0.717) is 0 Å². The predicted octanol–water partition coefficient (Wildman–Crippen LogP) is 3.37. The zero-order valence-corrected chi connectivity index (χ0v) is 12.3. The van der Waals surface area contributed by atoms with E-state index in [9.17, 15) is 0 Å². The first-order valence-corrected chi connectivity index (χ1v) is 7.22. The first-order valence-electron chi connectivity index (χ1n) is 6.43. The molecule has 100 valence electrons. The van der Waals surface area contributed by atoms with Gasteiger partial charge >= 0.3 is 0 Å². The molecule has 3 heterocycles. The van der Waals surface area contributed by atoms with Crippen molar-refractivity contribution in [3.05, 3.63) is 28.0 Å². The summed E-state index contributed by atoms with van der Waals surface area (Å²) in [6.07, 6.45) is 4.59. The highest BCUT2D eigenvalue weighted by atomic mass is 79.9. The molecule has 6 heteroatoms. The van der Waals surface area contributed by atoms with Crippen LogP contribution in [-0.2, 0) is 10.4 Å². The molecule has 5 nitrogen and oxygen atoms in total. The van der Waals surface area contributed by atoms with Gasteiger partial charge in [0.15, 0.2) is 0 Å². The van der Waals surface area contributed by atoms with Gasteiger partial charge in [-0.1, -0.05) is 0 Å². The molecule has 0 bridgehead atoms. The Kier molecular flexibility index (Phi) is 3.45. The maximum Gasteiger partial charge on any atom is 0.240 e. The molecule has 1 fully saturated rings. The Balaban J connectivity index is 2.02. The zero-order chi connectivity index (χ0) is 13.3. The van der Waals surface area contributed by atoms with E-state index in [1.54, 1.807) is 0 Å². The normalized spacial score (nSPS) is 29.9. The van der Waals surface area contributed by atoms with Crippen LogP contribution >= 0.6 is 15.9 Å². The lowest BCUT2D eigenvalue weighted by Crippen LogP contribution is -2.40. The molecule has 1 aromatic heterocycles. The third kappa shape index (κ3) is 2.23. The topological polar surface area (TPSA) is 59.2 Å². The molecule has 19 heavy (non-hydrogen) atoms. The Morgan fingerprint density at radius 1 is 1.37 bits per heavy atom. The van der Waals surface area contributed by atoms with Crippen molar-refractivity contribution >= 4 is 22.3 Å². The van der Waals surface area contributed by atoms with E-state index < -0.39 is 5.66 Å². The summed E-state index contributed by atoms with van der Waals surface area (Å²) in [4.78, 5) is 9.08. The number of ether oxygens (including phenoxy) is 1. The minimum atomic E-state index is -0.786. The number of hydrogen-bond acceptors (Lipinski definition) is 5. The number of aromatic nitrogens is 1. The fraction of sp³-hybridized carbons (Fsp3) is 0.538. The van der Waals surface area contributed by atoms with Crippen LogP contribution in [0.4, 0.5) is 0 Å². The van der Waals surface area contributed by atoms with Crippen molar-refractivity contribution in [2.24, 2.45) is 15.2 Å². The summed E-state index contributed by atoms with van der Waals surface area (Å²) in [6.45, 7) is 2.71. The van der Waals surface area contributed by atoms with Crippen LogP contribution in [0.3, 0.4) is 0 Å². The van der Waals surface area contributed by atoms with Crippen LogP contribution < -0.4 is 0 Å². The average molecular weight is 323 g/mol. The lowest BCUT2D eigenvalue weighted by atomic mass is 9.93. The molecular weight excluding hydrogens is 308 g/mol. The highest BCUT2D eigenvalue weighted by molar-refractivity contribution is 9.10. The Morgan fingerprint density at radius 2 is 2.26 bits per heavy atom. The lowest BCUT2D eigenvalue weighted by Gasteiger charge is -2.33. The largest absolute Gasteiger partial charge is 0.373 e. The van der Waals surface area contributed by atoms with Crippen LogP contribution in [0.1, 0.15) is 30.7 Å². The minimum absolute atomic E-state index is 0.0724. The van der Waals surface area contributed by atoms with Gasteiger partial charge in [-0.3, -0.25) is 4.98 Å². The van der Waals surface area contributed by atoms with Crippen LogP contribution in [-0.4, -0.2) is 24.0 Å². The molecule has 0 radical (unpaired) electrons. The zero-order valence-electron chi connectivity index (χ0n) is 10.7. The second-order valence-electron chi connectivity index (χ2n) is 4.81. The molecule has 2 aliphatic heterocycles. The van der Waals surface area contributed by atoms with Crippen LogP contribution in [0.5, 0.6) is 0 Å². The summed E-state index contributed by atoms with van der Waals surface area (Å²) < 4.78 is 6.85. The smallest absolute Gasteiger partial charge is 0.240 e. The molecule has 2 unspecified atom stereocenters. The summed E-state index contributed by atoms with van der Waals surface area (Å²) in [6, 6.07) is 3.92. The molecule has 1 aromatic rings. The maximum absolute atomic E-state index is 5.87. The second kappa shape index (κ2) is 5.09. The lowest BCUT2D eigenvalue weighted by molar-refractivity contribution is -0.0329. The molecule has 0 saturated carbocycles. The Morgan fingerprint density at radius 3 is 2.89 bits per heavy atom. The molecular formula is C13H15BrN4O. The van der Waals surface area contributed by atoms with Crippen molar-refractivity contribution in [1.82, 2.24) is 4.98 Å². The highest BCUT2D eigenvalue weighted by Crippen LogP contribution is 2.39. The minimum Gasteiger partial charge on any atom is -0.373 e. The third-order valence-corrected chi connectivity index (χ3v) is 4.38. The van der Waals surface area contributed by atoms with E-state index >= 15 is 0 Å². The number of nitrogens with zero attached hydrogens (tertiary/aromatic N) is 4. The number of rotatable bonds is 2. The van der Waals surface area contributed by atoms with Crippen molar-refractivity contribution in [2.45, 2.75) is 38.0 Å². The van der Waals surface area contributed by atoms with Gasteiger partial charge in [0.25, 0.3) is 0 Å². The van der Waals surface area contributed by atoms with E-state index in [2.05, 4.69) is 36.1 Å². The summed E-state index contributed by atoms with van der Waals surface area (Å²) in [5, 5.41) is 8.27. The third-order valence-electron chi connectivity index (χ3n) is 3.54. The monoisotopic (exact) mass is 322 g/mol. The summed E-state index contributed by atoms with van der Waals surface area (Å²) >= 11 is 3.47. The predicted molar refractivity (Wildman–Crippen MR) is 75.3 cm³/mol. The van der Waals surface area contributed by atoms with Gasteiger partial charge in [-0.05, 0) is 54.2 Å². The SMILES string of the molecule is Cc1nc(C2(C3CCCCO3)N=CN=N2)ccc1Br. The molecule has 0 N–H and O–H groups in total. The Hall–Kier alpha value is -1.14. The number of hydrogen-bond donors (Lipinski definition) is 0. The van der Waals surface area contributed by atoms with Gasteiger partial charge in [0.05, 0.1) is 11.4 Å². The molecule has 0 spiro atoms.